The lowest BCUT2D eigenvalue weighted by Gasteiger charge is -2.02. The Hall–Kier alpha value is -2.23. The van der Waals surface area contributed by atoms with Gasteiger partial charge in [0.25, 0.3) is 5.91 Å². The molecule has 0 saturated heterocycles. The lowest BCUT2D eigenvalue weighted by molar-refractivity contribution is -0.141. The number of amides is 1. The number of hydrogen-bond donors (Lipinski definition) is 1. The van der Waals surface area contributed by atoms with Crippen LogP contribution in [0.2, 0.25) is 0 Å². The monoisotopic (exact) mass is 320 g/mol. The molecular formula is C11H8F4N4OS. The maximum atomic E-state index is 12.7. The van der Waals surface area contributed by atoms with E-state index in [-0.39, 0.29) is 5.13 Å². The first-order chi connectivity index (χ1) is 9.84. The Balaban J connectivity index is 1.87. The van der Waals surface area contributed by atoms with Crippen LogP contribution >= 0.6 is 11.3 Å². The molecular weight excluding hydrogens is 312 g/mol. The Morgan fingerprint density at radius 1 is 1.43 bits per heavy atom. The van der Waals surface area contributed by atoms with Crippen LogP contribution in [0.5, 0.6) is 0 Å². The Kier molecular flexibility index (Phi) is 4.36. The summed E-state index contributed by atoms with van der Waals surface area (Å²) in [6, 6.07) is 3.49. The van der Waals surface area contributed by atoms with E-state index in [4.69, 9.17) is 0 Å². The van der Waals surface area contributed by atoms with Crippen molar-refractivity contribution in [3.8, 4) is 0 Å². The van der Waals surface area contributed by atoms with Gasteiger partial charge < -0.3 is 0 Å². The zero-order chi connectivity index (χ0) is 15.5. The third kappa shape index (κ3) is 4.38. The number of hydrazone groups is 1. The summed E-state index contributed by atoms with van der Waals surface area (Å²) in [6.07, 6.45) is -2.28. The first-order valence-corrected chi connectivity index (χ1v) is 6.34. The molecule has 2 aromatic rings. The van der Waals surface area contributed by atoms with E-state index in [0.29, 0.717) is 4.88 Å². The van der Waals surface area contributed by atoms with Gasteiger partial charge in [-0.25, -0.2) is 5.43 Å². The summed E-state index contributed by atoms with van der Waals surface area (Å²) < 4.78 is 50.4. The molecule has 2 heterocycles. The van der Waals surface area contributed by atoms with Gasteiger partial charge >= 0.3 is 6.18 Å². The lowest BCUT2D eigenvalue weighted by atomic mass is 10.4. The van der Waals surface area contributed by atoms with Crippen molar-refractivity contribution in [3.63, 3.8) is 0 Å². The van der Waals surface area contributed by atoms with Crippen molar-refractivity contribution < 1.29 is 22.4 Å². The molecule has 0 aliphatic carbocycles. The molecule has 0 unspecified atom stereocenters. The molecule has 0 aromatic carbocycles. The number of alkyl halides is 3. The average Bonchev–Trinajstić information content (AvgIpc) is 2.98. The van der Waals surface area contributed by atoms with Gasteiger partial charge in [-0.15, -0.1) is 11.3 Å². The van der Waals surface area contributed by atoms with E-state index in [1.807, 2.05) is 0 Å². The van der Waals surface area contributed by atoms with Gasteiger partial charge in [-0.05, 0) is 18.2 Å². The van der Waals surface area contributed by atoms with Gasteiger partial charge in [0.2, 0.25) is 0 Å². The number of rotatable bonds is 4. The van der Waals surface area contributed by atoms with E-state index >= 15 is 0 Å². The maximum Gasteiger partial charge on any atom is 0.435 e. The van der Waals surface area contributed by atoms with Gasteiger partial charge in [-0.2, -0.15) is 27.8 Å². The standard InChI is InChI=1S/C11H8F4N4OS/c12-9-2-1-7(21-9)5-16-17-10(20)6-19-4-3-8(18-19)11(13,14)15/h1-5H,6H2,(H,17,20)/b16-5-. The van der Waals surface area contributed by atoms with E-state index in [1.54, 1.807) is 0 Å². The molecule has 1 N–H and O–H groups in total. The number of thiophene rings is 1. The predicted molar refractivity (Wildman–Crippen MR) is 67.2 cm³/mol. The van der Waals surface area contributed by atoms with Crippen LogP contribution in [-0.4, -0.2) is 21.9 Å². The van der Waals surface area contributed by atoms with Crippen molar-refractivity contribution >= 4 is 23.5 Å². The topological polar surface area (TPSA) is 59.3 Å². The van der Waals surface area contributed by atoms with Crippen LogP contribution in [0, 0.1) is 5.13 Å². The smallest absolute Gasteiger partial charge is 0.271 e. The summed E-state index contributed by atoms with van der Waals surface area (Å²) in [5, 5.41) is 6.40. The molecule has 0 fully saturated rings. The number of carbonyl (C=O) groups is 1. The fourth-order valence-electron chi connectivity index (χ4n) is 1.35. The van der Waals surface area contributed by atoms with Crippen molar-refractivity contribution in [2.24, 2.45) is 5.10 Å². The Labute approximate surface area is 119 Å². The number of hydrogen-bond acceptors (Lipinski definition) is 4. The summed E-state index contributed by atoms with van der Waals surface area (Å²) >= 11 is 0.840. The van der Waals surface area contributed by atoms with Crippen molar-refractivity contribution in [1.82, 2.24) is 15.2 Å². The van der Waals surface area contributed by atoms with Crippen LogP contribution in [0.15, 0.2) is 29.5 Å². The van der Waals surface area contributed by atoms with Gasteiger partial charge in [-0.1, -0.05) is 0 Å². The van der Waals surface area contributed by atoms with Crippen LogP contribution in [0.3, 0.4) is 0 Å². The van der Waals surface area contributed by atoms with Crippen molar-refractivity contribution in [2.45, 2.75) is 12.7 Å². The number of halogens is 4. The molecule has 0 aliphatic heterocycles. The first-order valence-electron chi connectivity index (χ1n) is 5.52. The fourth-order valence-corrected chi connectivity index (χ4v) is 1.95. The number of carbonyl (C=O) groups excluding carboxylic acids is 1. The van der Waals surface area contributed by atoms with Crippen LogP contribution in [-0.2, 0) is 17.5 Å². The summed E-state index contributed by atoms with van der Waals surface area (Å²) in [4.78, 5) is 11.9. The highest BCUT2D eigenvalue weighted by Crippen LogP contribution is 2.27. The fraction of sp³-hybridized carbons (Fsp3) is 0.182. The highest BCUT2D eigenvalue weighted by molar-refractivity contribution is 7.12. The highest BCUT2D eigenvalue weighted by Gasteiger charge is 2.33. The van der Waals surface area contributed by atoms with Crippen molar-refractivity contribution in [1.29, 1.82) is 0 Å². The molecule has 5 nitrogen and oxygen atoms in total. The molecule has 10 heteroatoms. The van der Waals surface area contributed by atoms with E-state index in [0.717, 1.165) is 28.3 Å². The summed E-state index contributed by atoms with van der Waals surface area (Å²) in [6.45, 7) is -0.410. The second-order valence-electron chi connectivity index (χ2n) is 3.83. The molecule has 0 saturated carbocycles. The van der Waals surface area contributed by atoms with E-state index in [2.05, 4.69) is 15.6 Å². The Bertz CT molecular complexity index is 661. The molecule has 0 spiro atoms. The maximum absolute atomic E-state index is 12.7. The zero-order valence-corrected chi connectivity index (χ0v) is 11.1. The third-order valence-corrected chi connectivity index (χ3v) is 3.02. The number of nitrogens with zero attached hydrogens (tertiary/aromatic N) is 3. The molecule has 2 rings (SSSR count). The molecule has 2 aromatic heterocycles. The van der Waals surface area contributed by atoms with Gasteiger partial charge in [0.1, 0.15) is 6.54 Å². The molecule has 21 heavy (non-hydrogen) atoms. The normalized spacial score (nSPS) is 12.0. The summed E-state index contributed by atoms with van der Waals surface area (Å²) in [5.41, 5.74) is 1.03. The number of aromatic nitrogens is 2. The predicted octanol–water partition coefficient (Wildman–Crippen LogP) is 2.25. The molecule has 0 radical (unpaired) electrons. The largest absolute Gasteiger partial charge is 0.435 e. The van der Waals surface area contributed by atoms with Crippen LogP contribution in [0.1, 0.15) is 10.6 Å². The first kappa shape index (κ1) is 15.2. The second-order valence-corrected chi connectivity index (χ2v) is 4.90. The highest BCUT2D eigenvalue weighted by atomic mass is 32.1. The van der Waals surface area contributed by atoms with Crippen LogP contribution in [0.25, 0.3) is 0 Å². The SMILES string of the molecule is O=C(Cn1ccc(C(F)(F)F)n1)N/N=C\c1ccc(F)s1. The second kappa shape index (κ2) is 6.04. The molecule has 0 atom stereocenters. The lowest BCUT2D eigenvalue weighted by Crippen LogP contribution is -2.23. The third-order valence-electron chi connectivity index (χ3n) is 2.21. The van der Waals surface area contributed by atoms with Crippen molar-refractivity contribution in [3.05, 3.63) is 40.1 Å². The van der Waals surface area contributed by atoms with Gasteiger partial charge in [0, 0.05) is 6.20 Å². The Morgan fingerprint density at radius 3 is 2.76 bits per heavy atom. The zero-order valence-electron chi connectivity index (χ0n) is 10.3. The summed E-state index contributed by atoms with van der Waals surface area (Å²) in [5.74, 6) is -0.653. The summed E-state index contributed by atoms with van der Waals surface area (Å²) in [7, 11) is 0. The molecule has 112 valence electrons. The van der Waals surface area contributed by atoms with E-state index in [1.165, 1.54) is 18.3 Å². The van der Waals surface area contributed by atoms with Crippen molar-refractivity contribution in [2.75, 3.05) is 0 Å². The minimum atomic E-state index is -4.55. The van der Waals surface area contributed by atoms with Crippen LogP contribution < -0.4 is 5.43 Å². The molecule has 1 amide bonds. The van der Waals surface area contributed by atoms with Gasteiger partial charge in [-0.3, -0.25) is 9.48 Å². The van der Waals surface area contributed by atoms with E-state index in [9.17, 15) is 22.4 Å². The molecule has 0 aliphatic rings. The Morgan fingerprint density at radius 2 is 2.19 bits per heavy atom. The van der Waals surface area contributed by atoms with Gasteiger partial charge in [0.15, 0.2) is 10.8 Å². The van der Waals surface area contributed by atoms with Crippen LogP contribution in [0.4, 0.5) is 17.6 Å². The minimum Gasteiger partial charge on any atom is -0.271 e. The van der Waals surface area contributed by atoms with Gasteiger partial charge in [0.05, 0.1) is 11.1 Å². The average molecular weight is 320 g/mol. The van der Waals surface area contributed by atoms with E-state index < -0.39 is 24.3 Å². The number of nitrogens with one attached hydrogen (secondary N) is 1. The quantitative estimate of drug-likeness (QED) is 0.534. The molecule has 0 bridgehead atoms. The minimum absolute atomic E-state index is 0.390.